The zero-order valence-electron chi connectivity index (χ0n) is 16.7. The van der Waals surface area contributed by atoms with Crippen LogP contribution in [0.25, 0.3) is 0 Å². The minimum atomic E-state index is -4.87. The van der Waals surface area contributed by atoms with Gasteiger partial charge in [0.25, 0.3) is 6.47 Å². The van der Waals surface area contributed by atoms with Gasteiger partial charge in [-0.05, 0) is 67.8 Å². The standard InChI is InChI=1S/C21H27F3O4S/c1-19-9-7-14(27-12-25)11-13(19)3-4-15-16-5-6-18(28-29(26)21(22,23)24)20(16,2)10-8-17(15)19/h3,6,12,14-17H,4-5,7-11H2,1-2H3. The maximum Gasteiger partial charge on any atom is 0.508 e. The summed E-state index contributed by atoms with van der Waals surface area (Å²) in [6, 6.07) is 0. The minimum Gasteiger partial charge on any atom is -0.464 e. The molecule has 0 amide bonds. The van der Waals surface area contributed by atoms with E-state index in [-0.39, 0.29) is 23.2 Å². The lowest BCUT2D eigenvalue weighted by atomic mass is 9.48. The minimum absolute atomic E-state index is 0.0470. The van der Waals surface area contributed by atoms with Crippen molar-refractivity contribution in [2.75, 3.05) is 0 Å². The van der Waals surface area contributed by atoms with Gasteiger partial charge in [0.2, 0.25) is 0 Å². The molecule has 0 aromatic heterocycles. The average molecular weight is 433 g/mol. The highest BCUT2D eigenvalue weighted by Crippen LogP contribution is 2.65. The molecule has 0 bridgehead atoms. The van der Waals surface area contributed by atoms with E-state index in [1.54, 1.807) is 6.08 Å². The van der Waals surface area contributed by atoms with Crippen LogP contribution in [-0.4, -0.2) is 22.3 Å². The van der Waals surface area contributed by atoms with Gasteiger partial charge in [-0.2, -0.15) is 13.2 Å². The molecule has 0 N–H and O–H groups in total. The second kappa shape index (κ2) is 7.13. The summed E-state index contributed by atoms with van der Waals surface area (Å²) in [4.78, 5) is 10.7. The molecule has 4 rings (SSSR count). The molecule has 7 unspecified atom stereocenters. The molecule has 0 heterocycles. The summed E-state index contributed by atoms with van der Waals surface area (Å²) in [5, 5.41) is 0. The lowest BCUT2D eigenvalue weighted by Gasteiger charge is -2.57. The number of allylic oxidation sites excluding steroid dienone is 3. The van der Waals surface area contributed by atoms with E-state index in [0.29, 0.717) is 24.7 Å². The maximum absolute atomic E-state index is 12.8. The van der Waals surface area contributed by atoms with Gasteiger partial charge in [-0.15, -0.1) is 0 Å². The smallest absolute Gasteiger partial charge is 0.464 e. The van der Waals surface area contributed by atoms with Gasteiger partial charge < -0.3 is 8.92 Å². The first-order valence-corrected chi connectivity index (χ1v) is 11.3. The zero-order chi connectivity index (χ0) is 21.0. The number of carbonyl (C=O) groups is 1. The fourth-order valence-electron chi connectivity index (χ4n) is 6.61. The third kappa shape index (κ3) is 3.35. The van der Waals surface area contributed by atoms with Gasteiger partial charge in [-0.3, -0.25) is 4.79 Å². The SMILES string of the molecule is CC12CCC(OC=O)CC1=CCC1C2CCC2(C)C(OS(=O)C(F)(F)F)=CCC12. The van der Waals surface area contributed by atoms with Crippen molar-refractivity contribution >= 4 is 17.6 Å². The van der Waals surface area contributed by atoms with Crippen LogP contribution in [0.15, 0.2) is 23.5 Å². The molecular weight excluding hydrogens is 405 g/mol. The highest BCUT2D eigenvalue weighted by molar-refractivity contribution is 7.81. The summed E-state index contributed by atoms with van der Waals surface area (Å²) in [5.74, 6) is 1.26. The molecule has 0 aromatic carbocycles. The number of ether oxygens (including phenoxy) is 1. The lowest BCUT2D eigenvalue weighted by molar-refractivity contribution is -0.135. The number of alkyl halides is 3. The molecule has 8 heteroatoms. The Balaban J connectivity index is 1.54. The van der Waals surface area contributed by atoms with E-state index in [9.17, 15) is 22.2 Å². The molecule has 7 atom stereocenters. The van der Waals surface area contributed by atoms with Crippen LogP contribution in [0.3, 0.4) is 0 Å². The van der Waals surface area contributed by atoms with Gasteiger partial charge in [0.05, 0.1) is 0 Å². The maximum atomic E-state index is 12.8. The first-order valence-electron chi connectivity index (χ1n) is 10.3. The Kier molecular flexibility index (Phi) is 5.15. The largest absolute Gasteiger partial charge is 0.508 e. The van der Waals surface area contributed by atoms with Crippen molar-refractivity contribution in [1.82, 2.24) is 0 Å². The molecule has 29 heavy (non-hydrogen) atoms. The van der Waals surface area contributed by atoms with Gasteiger partial charge in [0.15, 0.2) is 0 Å². The predicted molar refractivity (Wildman–Crippen MR) is 101 cm³/mol. The van der Waals surface area contributed by atoms with Crippen LogP contribution in [0.1, 0.15) is 58.8 Å². The third-order valence-corrected chi connectivity index (χ3v) is 8.88. The van der Waals surface area contributed by atoms with E-state index in [0.717, 1.165) is 38.5 Å². The van der Waals surface area contributed by atoms with E-state index in [1.807, 2.05) is 6.92 Å². The first kappa shape index (κ1) is 20.9. The van der Waals surface area contributed by atoms with Gasteiger partial charge in [-0.25, -0.2) is 4.21 Å². The van der Waals surface area contributed by atoms with Crippen LogP contribution in [0.4, 0.5) is 13.2 Å². The first-order chi connectivity index (χ1) is 13.6. The van der Waals surface area contributed by atoms with Gasteiger partial charge in [0.1, 0.15) is 11.9 Å². The molecule has 2 saturated carbocycles. The molecule has 4 aliphatic rings. The van der Waals surface area contributed by atoms with Crippen LogP contribution in [0.2, 0.25) is 0 Å². The number of halogens is 3. The second-order valence-electron chi connectivity index (χ2n) is 9.38. The highest BCUT2D eigenvalue weighted by atomic mass is 32.2. The van der Waals surface area contributed by atoms with Crippen molar-refractivity contribution in [2.24, 2.45) is 28.6 Å². The average Bonchev–Trinajstić information content (AvgIpc) is 2.98. The van der Waals surface area contributed by atoms with Crippen LogP contribution in [0, 0.1) is 28.6 Å². The summed E-state index contributed by atoms with van der Waals surface area (Å²) in [7, 11) is 0. The van der Waals surface area contributed by atoms with Crippen LogP contribution < -0.4 is 0 Å². The highest BCUT2D eigenvalue weighted by Gasteiger charge is 2.58. The monoisotopic (exact) mass is 432 g/mol. The predicted octanol–water partition coefficient (Wildman–Crippen LogP) is 5.18. The van der Waals surface area contributed by atoms with E-state index >= 15 is 0 Å². The fourth-order valence-corrected chi connectivity index (χ4v) is 7.12. The molecule has 0 radical (unpaired) electrons. The number of fused-ring (bicyclic) bond motifs is 5. The molecule has 4 nitrogen and oxygen atoms in total. The van der Waals surface area contributed by atoms with Crippen molar-refractivity contribution in [1.29, 1.82) is 0 Å². The normalized spacial score (nSPS) is 42.5. The van der Waals surface area contributed by atoms with Crippen LogP contribution in [-0.2, 0) is 24.8 Å². The fraction of sp³-hybridized carbons (Fsp3) is 0.762. The molecule has 0 saturated heterocycles. The number of hydrogen-bond donors (Lipinski definition) is 0. The van der Waals surface area contributed by atoms with Gasteiger partial charge in [0, 0.05) is 11.8 Å². The third-order valence-electron chi connectivity index (χ3n) is 8.17. The Morgan fingerprint density at radius 2 is 1.83 bits per heavy atom. The van der Waals surface area contributed by atoms with Crippen molar-refractivity contribution in [3.8, 4) is 0 Å². The Bertz CT molecular complexity index is 776. The van der Waals surface area contributed by atoms with Gasteiger partial charge >= 0.3 is 16.6 Å². The molecule has 0 spiro atoms. The van der Waals surface area contributed by atoms with E-state index in [4.69, 9.17) is 8.92 Å². The summed E-state index contributed by atoms with van der Waals surface area (Å²) >= 11 is -3.32. The topological polar surface area (TPSA) is 52.6 Å². The molecule has 0 aromatic rings. The molecule has 0 aliphatic heterocycles. The Morgan fingerprint density at radius 1 is 1.10 bits per heavy atom. The summed E-state index contributed by atoms with van der Waals surface area (Å²) < 4.78 is 59.9. The van der Waals surface area contributed by atoms with E-state index in [1.165, 1.54) is 5.57 Å². The number of carbonyl (C=O) groups excluding carboxylic acids is 1. The summed E-state index contributed by atoms with van der Waals surface area (Å²) in [6.45, 7) is 4.80. The Labute approximate surface area is 171 Å². The van der Waals surface area contributed by atoms with Crippen molar-refractivity contribution in [3.63, 3.8) is 0 Å². The van der Waals surface area contributed by atoms with E-state index < -0.39 is 22.0 Å². The Morgan fingerprint density at radius 3 is 2.52 bits per heavy atom. The summed E-state index contributed by atoms with van der Waals surface area (Å²) in [5.41, 5.74) is -3.96. The second-order valence-corrected chi connectivity index (χ2v) is 10.5. The zero-order valence-corrected chi connectivity index (χ0v) is 17.5. The van der Waals surface area contributed by atoms with Crippen molar-refractivity contribution in [2.45, 2.75) is 70.4 Å². The van der Waals surface area contributed by atoms with Crippen LogP contribution in [0.5, 0.6) is 0 Å². The van der Waals surface area contributed by atoms with Gasteiger partial charge in [-0.1, -0.05) is 25.5 Å². The molecule has 162 valence electrons. The van der Waals surface area contributed by atoms with E-state index in [2.05, 4.69) is 13.0 Å². The molecule has 2 fully saturated rings. The van der Waals surface area contributed by atoms with Crippen LogP contribution >= 0.6 is 0 Å². The molecular formula is C21H27F3O4S. The lowest BCUT2D eigenvalue weighted by Crippen LogP contribution is -2.50. The number of hydrogen-bond acceptors (Lipinski definition) is 4. The van der Waals surface area contributed by atoms with Crippen molar-refractivity contribution in [3.05, 3.63) is 23.5 Å². The molecule has 4 aliphatic carbocycles. The van der Waals surface area contributed by atoms with Crippen molar-refractivity contribution < 1.29 is 31.1 Å². The summed E-state index contributed by atoms with van der Waals surface area (Å²) in [6.07, 6.45) is 9.71. The number of rotatable bonds is 4. The quantitative estimate of drug-likeness (QED) is 0.453. The Hall–Kier alpha value is -1.31.